The van der Waals surface area contributed by atoms with Gasteiger partial charge in [-0.25, -0.2) is 9.78 Å². The van der Waals surface area contributed by atoms with Gasteiger partial charge in [-0.05, 0) is 6.42 Å². The van der Waals surface area contributed by atoms with Crippen LogP contribution in [0.1, 0.15) is 16.1 Å². The minimum atomic E-state index is -0.921. The first kappa shape index (κ1) is 10.4. The minimum absolute atomic E-state index is 0.274. The SMILES string of the molecule is CN(c1ncc(C(=O)O)s1)C1CCOC1. The molecule has 1 N–H and O–H groups in total. The van der Waals surface area contributed by atoms with Crippen LogP contribution in [0.4, 0.5) is 5.13 Å². The topological polar surface area (TPSA) is 62.7 Å². The first-order valence-corrected chi connectivity index (χ1v) is 5.50. The number of aromatic carboxylic acids is 1. The second-order valence-electron chi connectivity index (χ2n) is 3.44. The normalized spacial score (nSPS) is 20.5. The van der Waals surface area contributed by atoms with Gasteiger partial charge >= 0.3 is 5.97 Å². The number of aromatic nitrogens is 1. The highest BCUT2D eigenvalue weighted by molar-refractivity contribution is 7.17. The first-order valence-electron chi connectivity index (χ1n) is 4.68. The van der Waals surface area contributed by atoms with Gasteiger partial charge < -0.3 is 14.7 Å². The Morgan fingerprint density at radius 2 is 2.60 bits per heavy atom. The van der Waals surface area contributed by atoms with E-state index < -0.39 is 5.97 Å². The standard InChI is InChI=1S/C9H12N2O3S/c1-11(6-2-3-14-5-6)9-10-4-7(15-9)8(12)13/h4,6H,2-3,5H2,1H3,(H,12,13). The molecule has 1 aromatic heterocycles. The van der Waals surface area contributed by atoms with Crippen LogP contribution < -0.4 is 4.90 Å². The molecule has 1 unspecified atom stereocenters. The lowest BCUT2D eigenvalue weighted by molar-refractivity contribution is 0.0702. The van der Waals surface area contributed by atoms with E-state index in [4.69, 9.17) is 9.84 Å². The molecule has 0 spiro atoms. The molecular formula is C9H12N2O3S. The van der Waals surface area contributed by atoms with Crippen LogP contribution in [0.15, 0.2) is 6.20 Å². The largest absolute Gasteiger partial charge is 0.477 e. The summed E-state index contributed by atoms with van der Waals surface area (Å²) in [6.45, 7) is 1.46. The lowest BCUT2D eigenvalue weighted by Crippen LogP contribution is -2.31. The molecule has 1 aromatic rings. The van der Waals surface area contributed by atoms with Gasteiger partial charge in [0.15, 0.2) is 5.13 Å². The molecule has 1 atom stereocenters. The van der Waals surface area contributed by atoms with E-state index in [2.05, 4.69) is 4.98 Å². The number of hydrogen-bond acceptors (Lipinski definition) is 5. The van der Waals surface area contributed by atoms with Crippen LogP contribution in [0.25, 0.3) is 0 Å². The molecule has 2 rings (SSSR count). The fourth-order valence-electron chi connectivity index (χ4n) is 1.51. The van der Waals surface area contributed by atoms with Crippen molar-refractivity contribution in [3.63, 3.8) is 0 Å². The van der Waals surface area contributed by atoms with Crippen LogP contribution in [0.3, 0.4) is 0 Å². The van der Waals surface area contributed by atoms with Crippen LogP contribution in [0.5, 0.6) is 0 Å². The van der Waals surface area contributed by atoms with Crippen molar-refractivity contribution in [2.24, 2.45) is 0 Å². The van der Waals surface area contributed by atoms with Crippen LogP contribution in [-0.4, -0.2) is 42.4 Å². The van der Waals surface area contributed by atoms with Crippen molar-refractivity contribution >= 4 is 22.4 Å². The molecule has 1 aliphatic heterocycles. The van der Waals surface area contributed by atoms with Gasteiger partial charge in [-0.1, -0.05) is 11.3 Å². The summed E-state index contributed by atoms with van der Waals surface area (Å²) in [5.74, 6) is -0.921. The van der Waals surface area contributed by atoms with E-state index in [9.17, 15) is 4.79 Å². The molecule has 0 radical (unpaired) electrons. The summed E-state index contributed by atoms with van der Waals surface area (Å²) in [5.41, 5.74) is 0. The summed E-state index contributed by atoms with van der Waals surface area (Å²) in [5, 5.41) is 9.51. The van der Waals surface area contributed by atoms with Gasteiger partial charge in [0, 0.05) is 13.7 Å². The quantitative estimate of drug-likeness (QED) is 0.838. The maximum atomic E-state index is 10.7. The molecule has 0 amide bonds. The molecule has 1 fully saturated rings. The first-order chi connectivity index (χ1) is 7.18. The molecular weight excluding hydrogens is 216 g/mol. The van der Waals surface area contributed by atoms with Gasteiger partial charge in [0.05, 0.1) is 18.8 Å². The molecule has 5 nitrogen and oxygen atoms in total. The number of anilines is 1. The number of likely N-dealkylation sites (N-methyl/N-ethyl adjacent to an activating group) is 1. The Balaban J connectivity index is 2.10. The minimum Gasteiger partial charge on any atom is -0.477 e. The predicted molar refractivity (Wildman–Crippen MR) is 56.7 cm³/mol. The van der Waals surface area contributed by atoms with Crippen molar-refractivity contribution in [3.8, 4) is 0 Å². The van der Waals surface area contributed by atoms with Crippen LogP contribution >= 0.6 is 11.3 Å². The van der Waals surface area contributed by atoms with E-state index in [-0.39, 0.29) is 4.88 Å². The molecule has 2 heterocycles. The van der Waals surface area contributed by atoms with Gasteiger partial charge in [0.1, 0.15) is 4.88 Å². The zero-order chi connectivity index (χ0) is 10.8. The number of nitrogens with zero attached hydrogens (tertiary/aromatic N) is 2. The summed E-state index contributed by atoms with van der Waals surface area (Å²) >= 11 is 1.20. The van der Waals surface area contributed by atoms with E-state index in [1.807, 2.05) is 11.9 Å². The monoisotopic (exact) mass is 228 g/mol. The second-order valence-corrected chi connectivity index (χ2v) is 4.45. The Morgan fingerprint density at radius 1 is 1.80 bits per heavy atom. The third-order valence-corrected chi connectivity index (χ3v) is 3.54. The molecule has 15 heavy (non-hydrogen) atoms. The molecule has 0 bridgehead atoms. The third kappa shape index (κ3) is 2.10. The van der Waals surface area contributed by atoms with Crippen molar-refractivity contribution in [3.05, 3.63) is 11.1 Å². The van der Waals surface area contributed by atoms with Crippen LogP contribution in [0.2, 0.25) is 0 Å². The lowest BCUT2D eigenvalue weighted by Gasteiger charge is -2.21. The van der Waals surface area contributed by atoms with Crippen molar-refractivity contribution in [1.29, 1.82) is 0 Å². The van der Waals surface area contributed by atoms with E-state index in [1.54, 1.807) is 0 Å². The summed E-state index contributed by atoms with van der Waals surface area (Å²) < 4.78 is 5.27. The van der Waals surface area contributed by atoms with Gasteiger partial charge in [-0.3, -0.25) is 0 Å². The number of hydrogen-bond donors (Lipinski definition) is 1. The Kier molecular flexibility index (Phi) is 2.88. The number of thiazole rings is 1. The molecule has 0 saturated carbocycles. The highest BCUT2D eigenvalue weighted by atomic mass is 32.1. The maximum Gasteiger partial charge on any atom is 0.347 e. The van der Waals surface area contributed by atoms with E-state index in [1.165, 1.54) is 17.5 Å². The summed E-state index contributed by atoms with van der Waals surface area (Å²) in [4.78, 5) is 17.0. The Hall–Kier alpha value is -1.14. The summed E-state index contributed by atoms with van der Waals surface area (Å²) in [7, 11) is 1.92. The molecule has 82 valence electrons. The van der Waals surface area contributed by atoms with E-state index in [0.29, 0.717) is 12.6 Å². The van der Waals surface area contributed by atoms with Gasteiger partial charge in [-0.2, -0.15) is 0 Å². The molecule has 0 aliphatic carbocycles. The Labute approximate surface area is 91.3 Å². The molecule has 0 aromatic carbocycles. The van der Waals surface area contributed by atoms with E-state index >= 15 is 0 Å². The van der Waals surface area contributed by atoms with Gasteiger partial charge in [0.25, 0.3) is 0 Å². The molecule has 1 aliphatic rings. The van der Waals surface area contributed by atoms with E-state index in [0.717, 1.165) is 18.2 Å². The third-order valence-electron chi connectivity index (χ3n) is 2.46. The highest BCUT2D eigenvalue weighted by Crippen LogP contribution is 2.25. The highest BCUT2D eigenvalue weighted by Gasteiger charge is 2.23. The number of carbonyl (C=O) groups is 1. The van der Waals surface area contributed by atoms with Gasteiger partial charge in [0.2, 0.25) is 0 Å². The maximum absolute atomic E-state index is 10.7. The Morgan fingerprint density at radius 3 is 3.13 bits per heavy atom. The number of rotatable bonds is 3. The zero-order valence-electron chi connectivity index (χ0n) is 8.34. The fraction of sp³-hybridized carbons (Fsp3) is 0.556. The predicted octanol–water partition coefficient (Wildman–Crippen LogP) is 1.07. The summed E-state index contributed by atoms with van der Waals surface area (Å²) in [6, 6.07) is 0.317. The van der Waals surface area contributed by atoms with Crippen molar-refractivity contribution in [2.75, 3.05) is 25.2 Å². The summed E-state index contributed by atoms with van der Waals surface area (Å²) in [6.07, 6.45) is 2.37. The van der Waals surface area contributed by atoms with Gasteiger partial charge in [-0.15, -0.1) is 0 Å². The smallest absolute Gasteiger partial charge is 0.347 e. The average molecular weight is 228 g/mol. The van der Waals surface area contributed by atoms with Crippen LogP contribution in [0, 0.1) is 0 Å². The van der Waals surface area contributed by atoms with Crippen LogP contribution in [-0.2, 0) is 4.74 Å². The van der Waals surface area contributed by atoms with Crippen molar-refractivity contribution in [1.82, 2.24) is 4.98 Å². The zero-order valence-corrected chi connectivity index (χ0v) is 9.16. The lowest BCUT2D eigenvalue weighted by atomic mass is 10.2. The molecule has 6 heteroatoms. The average Bonchev–Trinajstić information content (AvgIpc) is 2.88. The fourth-order valence-corrected chi connectivity index (χ4v) is 2.30. The molecule has 1 saturated heterocycles. The van der Waals surface area contributed by atoms with Crippen molar-refractivity contribution < 1.29 is 14.6 Å². The van der Waals surface area contributed by atoms with Crippen molar-refractivity contribution in [2.45, 2.75) is 12.5 Å². The Bertz CT molecular complexity index is 360. The number of carboxylic acids is 1. The second kappa shape index (κ2) is 4.16. The number of carboxylic acid groups (broad SMARTS) is 1. The number of ether oxygens (including phenoxy) is 1.